The van der Waals surface area contributed by atoms with Gasteiger partial charge in [-0.1, -0.05) is 46.9 Å². The van der Waals surface area contributed by atoms with E-state index in [1.807, 2.05) is 0 Å². The molecule has 162 valence electrons. The lowest BCUT2D eigenvalue weighted by atomic mass is 9.97. The van der Waals surface area contributed by atoms with Gasteiger partial charge in [-0.05, 0) is 35.9 Å². The fourth-order valence-corrected chi connectivity index (χ4v) is 4.07. The predicted octanol–water partition coefficient (Wildman–Crippen LogP) is 6.76. The molecule has 2 aromatic carbocycles. The Morgan fingerprint density at radius 2 is 1.68 bits per heavy atom. The molecule has 11 heteroatoms. The van der Waals surface area contributed by atoms with Crippen molar-refractivity contribution in [1.82, 2.24) is 9.78 Å². The van der Waals surface area contributed by atoms with Gasteiger partial charge in [0.05, 0.1) is 6.04 Å². The van der Waals surface area contributed by atoms with Gasteiger partial charge in [0.25, 0.3) is 5.91 Å². The highest BCUT2D eigenvalue weighted by molar-refractivity contribution is 6.35. The van der Waals surface area contributed by atoms with Gasteiger partial charge >= 0.3 is 6.18 Å². The smallest absolute Gasteiger partial charge is 0.363 e. The van der Waals surface area contributed by atoms with E-state index in [0.717, 1.165) is 4.68 Å². The minimum absolute atomic E-state index is 0.0859. The molecule has 0 bridgehead atoms. The molecule has 2 atom stereocenters. The normalized spacial score (nSPS) is 18.3. The third-order valence-electron chi connectivity index (χ3n) is 4.82. The van der Waals surface area contributed by atoms with Gasteiger partial charge in [0.15, 0.2) is 11.7 Å². The summed E-state index contributed by atoms with van der Waals surface area (Å²) in [5, 5.41) is 10.6. The Kier molecular flexibility index (Phi) is 5.81. The molecule has 0 spiro atoms. The van der Waals surface area contributed by atoms with Crippen LogP contribution in [0.5, 0.6) is 0 Å². The molecule has 1 aliphatic heterocycles. The van der Waals surface area contributed by atoms with Crippen LogP contribution in [0.4, 0.5) is 24.7 Å². The number of fused-ring (bicyclic) bond motifs is 1. The van der Waals surface area contributed by atoms with Crippen LogP contribution in [0.2, 0.25) is 15.1 Å². The van der Waals surface area contributed by atoms with E-state index in [1.54, 1.807) is 24.3 Å². The maximum Gasteiger partial charge on any atom is 0.410 e. The molecule has 1 aliphatic rings. The first-order valence-corrected chi connectivity index (χ1v) is 10.2. The van der Waals surface area contributed by atoms with Crippen LogP contribution < -0.4 is 10.6 Å². The van der Waals surface area contributed by atoms with Gasteiger partial charge < -0.3 is 10.6 Å². The first-order valence-electron chi connectivity index (χ1n) is 9.06. The second-order valence-electron chi connectivity index (χ2n) is 7.01. The number of nitrogens with zero attached hydrogens (tertiary/aromatic N) is 2. The van der Waals surface area contributed by atoms with Crippen molar-refractivity contribution in [3.8, 4) is 0 Å². The highest BCUT2D eigenvalue weighted by Gasteiger charge is 2.46. The molecule has 2 N–H and O–H groups in total. The van der Waals surface area contributed by atoms with Crippen LogP contribution in [0.3, 0.4) is 0 Å². The second kappa shape index (κ2) is 8.26. The molecule has 1 amide bonds. The molecule has 0 fully saturated rings. The maximum atomic E-state index is 13.8. The van der Waals surface area contributed by atoms with E-state index in [-0.39, 0.29) is 17.9 Å². The van der Waals surface area contributed by atoms with Crippen LogP contribution in [-0.4, -0.2) is 21.9 Å². The minimum Gasteiger partial charge on any atom is -0.363 e. The molecular weight excluding hydrogens is 476 g/mol. The van der Waals surface area contributed by atoms with E-state index >= 15 is 0 Å². The lowest BCUT2D eigenvalue weighted by Crippen LogP contribution is -2.35. The van der Waals surface area contributed by atoms with Crippen molar-refractivity contribution in [3.05, 3.63) is 74.9 Å². The summed E-state index contributed by atoms with van der Waals surface area (Å²) in [4.78, 5) is 12.6. The summed E-state index contributed by atoms with van der Waals surface area (Å²) in [5.41, 5.74) is 0.767. The number of aromatic nitrogens is 2. The molecular formula is C20H14Cl3F3N4O. The molecule has 0 unspecified atom stereocenters. The van der Waals surface area contributed by atoms with Crippen molar-refractivity contribution in [1.29, 1.82) is 0 Å². The van der Waals surface area contributed by atoms with E-state index in [1.165, 1.54) is 24.3 Å². The topological polar surface area (TPSA) is 59.0 Å². The summed E-state index contributed by atoms with van der Waals surface area (Å²) < 4.78 is 42.1. The highest BCUT2D eigenvalue weighted by atomic mass is 35.5. The third-order valence-corrected chi connectivity index (χ3v) is 5.50. The van der Waals surface area contributed by atoms with E-state index in [0.29, 0.717) is 26.3 Å². The Labute approximate surface area is 190 Å². The SMILES string of the molecule is O=C(Nc1cc(Cl)cc(Cl)c1)c1cc2n(n1)[C@H](C(F)(F)F)C[C@@H](c1ccc(Cl)cc1)N2. The summed E-state index contributed by atoms with van der Waals surface area (Å²) in [6, 6.07) is 9.73. The van der Waals surface area contributed by atoms with Gasteiger partial charge in [0.1, 0.15) is 5.82 Å². The lowest BCUT2D eigenvalue weighted by molar-refractivity contribution is -0.173. The van der Waals surface area contributed by atoms with Crippen LogP contribution in [0.1, 0.15) is 34.6 Å². The summed E-state index contributed by atoms with van der Waals surface area (Å²) >= 11 is 17.7. The summed E-state index contributed by atoms with van der Waals surface area (Å²) in [5.74, 6) is -0.603. The van der Waals surface area contributed by atoms with Crippen molar-refractivity contribution in [2.75, 3.05) is 10.6 Å². The predicted molar refractivity (Wildman–Crippen MR) is 114 cm³/mol. The molecule has 0 aliphatic carbocycles. The number of carbonyl (C=O) groups is 1. The molecule has 31 heavy (non-hydrogen) atoms. The third kappa shape index (κ3) is 4.76. The van der Waals surface area contributed by atoms with Gasteiger partial charge in [-0.3, -0.25) is 4.79 Å². The van der Waals surface area contributed by atoms with Crippen molar-refractivity contribution in [3.63, 3.8) is 0 Å². The van der Waals surface area contributed by atoms with Gasteiger partial charge in [0.2, 0.25) is 0 Å². The number of halogens is 6. The van der Waals surface area contributed by atoms with E-state index in [4.69, 9.17) is 34.8 Å². The monoisotopic (exact) mass is 488 g/mol. The van der Waals surface area contributed by atoms with Crippen LogP contribution in [0.15, 0.2) is 48.5 Å². The standard InChI is InChI=1S/C20H14Cl3F3N4O/c21-11-3-1-10(2-4-11)15-8-17(20(24,25)26)30-18(28-15)9-16(29-30)19(31)27-14-6-12(22)5-13(23)7-14/h1-7,9,15,17,28H,8H2,(H,27,31)/t15-,17-/m0/s1. The summed E-state index contributed by atoms with van der Waals surface area (Å²) in [6.07, 6.45) is -4.84. The molecule has 5 nitrogen and oxygen atoms in total. The molecule has 2 heterocycles. The number of alkyl halides is 3. The first-order chi connectivity index (χ1) is 14.6. The Morgan fingerprint density at radius 1 is 1.03 bits per heavy atom. The zero-order valence-corrected chi connectivity index (χ0v) is 17.8. The Balaban J connectivity index is 1.64. The molecule has 4 rings (SSSR count). The Bertz CT molecular complexity index is 1110. The number of anilines is 2. The van der Waals surface area contributed by atoms with E-state index < -0.39 is 24.2 Å². The van der Waals surface area contributed by atoms with Crippen molar-refractivity contribution in [2.24, 2.45) is 0 Å². The quantitative estimate of drug-likeness (QED) is 0.427. The van der Waals surface area contributed by atoms with Gasteiger partial charge in [-0.15, -0.1) is 0 Å². The minimum atomic E-state index is -4.55. The van der Waals surface area contributed by atoms with E-state index in [2.05, 4.69) is 15.7 Å². The molecule has 0 saturated carbocycles. The zero-order valence-electron chi connectivity index (χ0n) is 15.6. The average molecular weight is 490 g/mol. The van der Waals surface area contributed by atoms with Crippen molar-refractivity contribution in [2.45, 2.75) is 24.7 Å². The highest BCUT2D eigenvalue weighted by Crippen LogP contribution is 2.43. The van der Waals surface area contributed by atoms with Crippen LogP contribution in [-0.2, 0) is 0 Å². The number of amides is 1. The van der Waals surface area contributed by atoms with Crippen LogP contribution in [0.25, 0.3) is 0 Å². The fourth-order valence-electron chi connectivity index (χ4n) is 3.42. The lowest BCUT2D eigenvalue weighted by Gasteiger charge is -2.33. The van der Waals surface area contributed by atoms with Gasteiger partial charge in [-0.25, -0.2) is 4.68 Å². The van der Waals surface area contributed by atoms with Gasteiger partial charge in [-0.2, -0.15) is 18.3 Å². The summed E-state index contributed by atoms with van der Waals surface area (Å²) in [6.45, 7) is 0. The van der Waals surface area contributed by atoms with Gasteiger partial charge in [0, 0.05) is 33.2 Å². The molecule has 0 radical (unpaired) electrons. The first kappa shape index (κ1) is 21.8. The second-order valence-corrected chi connectivity index (χ2v) is 8.32. The average Bonchev–Trinajstić information content (AvgIpc) is 3.10. The molecule has 1 aromatic heterocycles. The maximum absolute atomic E-state index is 13.8. The van der Waals surface area contributed by atoms with E-state index in [9.17, 15) is 18.0 Å². The molecule has 0 saturated heterocycles. The number of benzene rings is 2. The molecule has 3 aromatic rings. The fraction of sp³-hybridized carbons (Fsp3) is 0.200. The van der Waals surface area contributed by atoms with Crippen LogP contribution in [0, 0.1) is 0 Å². The number of hydrogen-bond donors (Lipinski definition) is 2. The summed E-state index contributed by atoms with van der Waals surface area (Å²) in [7, 11) is 0. The van der Waals surface area contributed by atoms with Crippen molar-refractivity contribution >= 4 is 52.2 Å². The Morgan fingerprint density at radius 3 is 2.29 bits per heavy atom. The number of carbonyl (C=O) groups excluding carboxylic acids is 1. The number of nitrogens with one attached hydrogen (secondary N) is 2. The Hall–Kier alpha value is -2.42. The number of hydrogen-bond acceptors (Lipinski definition) is 3. The largest absolute Gasteiger partial charge is 0.410 e. The number of rotatable bonds is 3. The zero-order chi connectivity index (χ0) is 22.3. The van der Waals surface area contributed by atoms with Crippen molar-refractivity contribution < 1.29 is 18.0 Å². The van der Waals surface area contributed by atoms with Crippen LogP contribution >= 0.6 is 34.8 Å².